The molecule has 1 heterocycles. The van der Waals surface area contributed by atoms with Gasteiger partial charge in [0.05, 0.1) is 11.1 Å². The Hall–Kier alpha value is -0.830. The topological polar surface area (TPSA) is 51.2 Å². The number of nitrogens with zero attached hydrogens (tertiary/aromatic N) is 1. The number of hydrogen-bond donors (Lipinski definition) is 2. The van der Waals surface area contributed by atoms with Gasteiger partial charge in [-0.25, -0.2) is 4.39 Å². The zero-order chi connectivity index (χ0) is 18.3. The van der Waals surface area contributed by atoms with Crippen molar-refractivity contribution < 1.29 is 22.7 Å². The minimum absolute atomic E-state index is 0.0791. The highest BCUT2D eigenvalue weighted by Gasteiger charge is 2.40. The smallest absolute Gasteiger partial charge is 0.396 e. The Labute approximate surface area is 149 Å². The van der Waals surface area contributed by atoms with Gasteiger partial charge in [-0.1, -0.05) is 6.92 Å². The molecule has 1 unspecified atom stereocenters. The maximum atomic E-state index is 13.8. The fourth-order valence-electron chi connectivity index (χ4n) is 2.41. The molecule has 9 heteroatoms. The van der Waals surface area contributed by atoms with Crippen LogP contribution in [-0.2, 0) is 6.54 Å². The molecule has 0 amide bonds. The average Bonchev–Trinajstić information content (AvgIpc) is 2.83. The Kier molecular flexibility index (Phi) is 5.54. The van der Waals surface area contributed by atoms with Gasteiger partial charge in [-0.2, -0.15) is 13.2 Å². The summed E-state index contributed by atoms with van der Waals surface area (Å²) >= 11 is 8.89. The molecule has 0 aliphatic rings. The van der Waals surface area contributed by atoms with Crippen LogP contribution >= 0.6 is 27.5 Å². The fraction of sp³-hybridized carbons (Fsp3) is 0.467. The number of aliphatic hydroxyl groups excluding tert-OH is 1. The monoisotopic (exact) mass is 430 g/mol. The summed E-state index contributed by atoms with van der Waals surface area (Å²) in [7, 11) is 0. The van der Waals surface area contributed by atoms with Crippen LogP contribution in [-0.4, -0.2) is 28.3 Å². The summed E-state index contributed by atoms with van der Waals surface area (Å²) in [6.45, 7) is 1.61. The van der Waals surface area contributed by atoms with E-state index in [9.17, 15) is 22.7 Å². The quantitative estimate of drug-likeness (QED) is 0.546. The van der Waals surface area contributed by atoms with Crippen molar-refractivity contribution in [3.63, 3.8) is 0 Å². The molecular formula is C15H16BrClF4N2O. The van der Waals surface area contributed by atoms with Gasteiger partial charge in [-0.15, -0.1) is 11.6 Å². The second kappa shape index (κ2) is 6.82. The van der Waals surface area contributed by atoms with E-state index in [-0.39, 0.29) is 34.5 Å². The van der Waals surface area contributed by atoms with Crippen LogP contribution in [0.2, 0.25) is 0 Å². The van der Waals surface area contributed by atoms with Crippen molar-refractivity contribution in [2.75, 3.05) is 12.5 Å². The van der Waals surface area contributed by atoms with Crippen molar-refractivity contribution in [2.24, 2.45) is 11.1 Å². The second-order valence-electron chi connectivity index (χ2n) is 6.12. The maximum Gasteiger partial charge on any atom is 0.407 e. The highest BCUT2D eigenvalue weighted by atomic mass is 79.9. The van der Waals surface area contributed by atoms with Gasteiger partial charge >= 0.3 is 6.18 Å². The molecule has 134 valence electrons. The van der Waals surface area contributed by atoms with Gasteiger partial charge < -0.3 is 15.4 Å². The van der Waals surface area contributed by atoms with E-state index in [1.165, 1.54) is 16.8 Å². The van der Waals surface area contributed by atoms with E-state index < -0.39 is 23.5 Å². The number of aromatic nitrogens is 1. The van der Waals surface area contributed by atoms with Crippen molar-refractivity contribution in [3.8, 4) is 0 Å². The molecular weight excluding hydrogens is 416 g/mol. The molecule has 0 saturated carbocycles. The molecule has 2 aromatic rings. The number of benzene rings is 1. The maximum absolute atomic E-state index is 13.8. The second-order valence-corrected chi connectivity index (χ2v) is 7.24. The fourth-order valence-corrected chi connectivity index (χ4v) is 2.91. The highest BCUT2D eigenvalue weighted by molar-refractivity contribution is 9.10. The van der Waals surface area contributed by atoms with Crippen LogP contribution in [0, 0.1) is 11.2 Å². The van der Waals surface area contributed by atoms with E-state index in [1.54, 1.807) is 6.92 Å². The number of hydrogen-bond acceptors (Lipinski definition) is 2. The summed E-state index contributed by atoms with van der Waals surface area (Å²) in [5.74, 6) is -0.579. The van der Waals surface area contributed by atoms with Gasteiger partial charge in [0.25, 0.3) is 0 Å². The van der Waals surface area contributed by atoms with Crippen molar-refractivity contribution in [3.05, 3.63) is 34.2 Å². The van der Waals surface area contributed by atoms with Crippen LogP contribution in [0.25, 0.3) is 10.9 Å². The Morgan fingerprint density at radius 2 is 2.00 bits per heavy atom. The predicted molar refractivity (Wildman–Crippen MR) is 88.5 cm³/mol. The third kappa shape index (κ3) is 3.71. The Morgan fingerprint density at radius 3 is 2.50 bits per heavy atom. The van der Waals surface area contributed by atoms with Gasteiger partial charge in [0.2, 0.25) is 0 Å². The SMILES string of the molecule is CC(CO)(CCl)Cn1cc([C@H](N)C(F)(F)F)c2cc(F)c(Br)cc21. The third-order valence-corrected chi connectivity index (χ3v) is 5.15. The predicted octanol–water partition coefficient (Wildman–Crippen LogP) is 4.34. The molecule has 0 aliphatic heterocycles. The normalized spacial score (nSPS) is 16.4. The van der Waals surface area contributed by atoms with Gasteiger partial charge in [-0.05, 0) is 28.1 Å². The van der Waals surface area contributed by atoms with E-state index in [1.807, 2.05) is 0 Å². The highest BCUT2D eigenvalue weighted by Crippen LogP contribution is 2.38. The summed E-state index contributed by atoms with van der Waals surface area (Å²) in [5.41, 5.74) is 4.73. The lowest BCUT2D eigenvalue weighted by atomic mass is 9.94. The molecule has 0 fully saturated rings. The lowest BCUT2D eigenvalue weighted by Gasteiger charge is -2.25. The van der Waals surface area contributed by atoms with E-state index >= 15 is 0 Å². The lowest BCUT2D eigenvalue weighted by molar-refractivity contribution is -0.148. The third-order valence-electron chi connectivity index (χ3n) is 3.90. The van der Waals surface area contributed by atoms with E-state index in [4.69, 9.17) is 17.3 Å². The molecule has 0 radical (unpaired) electrons. The Bertz CT molecular complexity index is 743. The molecule has 2 rings (SSSR count). The van der Waals surface area contributed by atoms with Crippen molar-refractivity contribution in [1.82, 2.24) is 4.57 Å². The first-order chi connectivity index (χ1) is 11.0. The molecule has 0 saturated heterocycles. The summed E-state index contributed by atoms with van der Waals surface area (Å²) in [6, 6.07) is 0.176. The van der Waals surface area contributed by atoms with Crippen LogP contribution in [0.1, 0.15) is 18.5 Å². The minimum atomic E-state index is -4.66. The van der Waals surface area contributed by atoms with E-state index in [2.05, 4.69) is 15.9 Å². The Morgan fingerprint density at radius 1 is 1.38 bits per heavy atom. The minimum Gasteiger partial charge on any atom is -0.396 e. The van der Waals surface area contributed by atoms with Crippen LogP contribution in [0.4, 0.5) is 17.6 Å². The number of alkyl halides is 4. The van der Waals surface area contributed by atoms with E-state index in [0.29, 0.717) is 5.52 Å². The molecule has 3 N–H and O–H groups in total. The summed E-state index contributed by atoms with van der Waals surface area (Å²) < 4.78 is 54.5. The summed E-state index contributed by atoms with van der Waals surface area (Å²) in [4.78, 5) is 0. The van der Waals surface area contributed by atoms with Gasteiger partial charge in [0.1, 0.15) is 11.9 Å². The summed E-state index contributed by atoms with van der Waals surface area (Å²) in [5, 5.41) is 9.57. The van der Waals surface area contributed by atoms with Gasteiger partial charge in [0.15, 0.2) is 0 Å². The first-order valence-corrected chi connectivity index (χ1v) is 8.32. The standard InChI is InChI=1S/C15H16BrClF4N2O/c1-14(5-17,7-24)6-23-4-9(13(22)15(19,20)21)8-2-11(18)10(16)3-12(8)23/h2-4,13,24H,5-7,22H2,1H3/t13-,14?/m0/s1. The largest absolute Gasteiger partial charge is 0.407 e. The number of nitrogens with two attached hydrogens (primary N) is 1. The summed E-state index contributed by atoms with van der Waals surface area (Å²) in [6.07, 6.45) is -3.41. The first-order valence-electron chi connectivity index (χ1n) is 6.99. The molecule has 0 aliphatic carbocycles. The molecule has 0 spiro atoms. The van der Waals surface area contributed by atoms with E-state index in [0.717, 1.165) is 6.07 Å². The van der Waals surface area contributed by atoms with Crippen molar-refractivity contribution >= 4 is 38.4 Å². The van der Waals surface area contributed by atoms with Crippen LogP contribution in [0.3, 0.4) is 0 Å². The molecule has 24 heavy (non-hydrogen) atoms. The number of fused-ring (bicyclic) bond motifs is 1. The van der Waals surface area contributed by atoms with Crippen LogP contribution in [0.15, 0.2) is 22.8 Å². The number of aliphatic hydroxyl groups is 1. The molecule has 1 aromatic heterocycles. The van der Waals surface area contributed by atoms with Crippen LogP contribution < -0.4 is 5.73 Å². The first kappa shape index (κ1) is 19.5. The molecule has 1 aromatic carbocycles. The number of halogens is 6. The van der Waals surface area contributed by atoms with Gasteiger partial charge in [0, 0.05) is 40.5 Å². The number of rotatable bonds is 5. The zero-order valence-electron chi connectivity index (χ0n) is 12.7. The molecule has 0 bridgehead atoms. The van der Waals surface area contributed by atoms with Gasteiger partial charge in [-0.3, -0.25) is 0 Å². The Balaban J connectivity index is 2.66. The van der Waals surface area contributed by atoms with Crippen LogP contribution in [0.5, 0.6) is 0 Å². The zero-order valence-corrected chi connectivity index (χ0v) is 15.0. The molecule has 3 nitrogen and oxygen atoms in total. The van der Waals surface area contributed by atoms with Crippen molar-refractivity contribution in [2.45, 2.75) is 25.7 Å². The lowest BCUT2D eigenvalue weighted by Crippen LogP contribution is -2.29. The van der Waals surface area contributed by atoms with Crippen molar-refractivity contribution in [1.29, 1.82) is 0 Å². The molecule has 2 atom stereocenters. The average molecular weight is 432 g/mol.